The zero-order valence-corrected chi connectivity index (χ0v) is 15.9. The first-order valence-corrected chi connectivity index (χ1v) is 9.76. The third-order valence-electron chi connectivity index (χ3n) is 4.64. The maximum absolute atomic E-state index is 12.6. The highest BCUT2D eigenvalue weighted by Crippen LogP contribution is 2.21. The number of amides is 2. The normalized spacial score (nSPS) is 14.9. The van der Waals surface area contributed by atoms with Crippen LogP contribution in [0.25, 0.3) is 10.7 Å². The van der Waals surface area contributed by atoms with Gasteiger partial charge in [0.1, 0.15) is 0 Å². The van der Waals surface area contributed by atoms with E-state index in [1.807, 2.05) is 17.5 Å². The second-order valence-corrected chi connectivity index (χ2v) is 7.45. The molecule has 3 aromatic rings. The average molecular weight is 397 g/mol. The number of carbonyl (C=O) groups is 2. The van der Waals surface area contributed by atoms with E-state index >= 15 is 0 Å². The minimum atomic E-state index is -0.504. The van der Waals surface area contributed by atoms with Gasteiger partial charge in [-0.1, -0.05) is 11.2 Å². The Morgan fingerprint density at radius 3 is 2.43 bits per heavy atom. The van der Waals surface area contributed by atoms with Crippen LogP contribution in [0.5, 0.6) is 0 Å². The molecule has 0 aliphatic carbocycles. The summed E-state index contributed by atoms with van der Waals surface area (Å²) in [5.41, 5.74) is 6.18. The van der Waals surface area contributed by atoms with Crippen LogP contribution < -0.4 is 5.73 Å². The van der Waals surface area contributed by atoms with Crippen LogP contribution in [0.3, 0.4) is 0 Å². The van der Waals surface area contributed by atoms with Crippen molar-refractivity contribution in [3.63, 3.8) is 0 Å². The third-order valence-corrected chi connectivity index (χ3v) is 5.51. The fourth-order valence-electron chi connectivity index (χ4n) is 3.08. The van der Waals surface area contributed by atoms with Crippen LogP contribution in [-0.4, -0.2) is 57.9 Å². The van der Waals surface area contributed by atoms with E-state index in [4.69, 9.17) is 10.3 Å². The first-order valence-electron chi connectivity index (χ1n) is 8.88. The van der Waals surface area contributed by atoms with Crippen LogP contribution in [0.4, 0.5) is 0 Å². The fourth-order valence-corrected chi connectivity index (χ4v) is 3.73. The molecule has 1 aromatic carbocycles. The highest BCUT2D eigenvalue weighted by Gasteiger charge is 2.23. The van der Waals surface area contributed by atoms with E-state index in [2.05, 4.69) is 15.0 Å². The summed E-state index contributed by atoms with van der Waals surface area (Å²) in [5, 5.41) is 6.00. The van der Waals surface area contributed by atoms with Crippen molar-refractivity contribution in [2.45, 2.75) is 6.54 Å². The first kappa shape index (κ1) is 18.3. The highest BCUT2D eigenvalue weighted by molar-refractivity contribution is 7.13. The van der Waals surface area contributed by atoms with Crippen LogP contribution in [0.15, 0.2) is 46.3 Å². The van der Waals surface area contributed by atoms with Gasteiger partial charge in [-0.05, 0) is 35.7 Å². The number of aromatic nitrogens is 2. The number of primary amides is 1. The van der Waals surface area contributed by atoms with E-state index in [-0.39, 0.29) is 5.91 Å². The van der Waals surface area contributed by atoms with Gasteiger partial charge in [-0.15, -0.1) is 11.3 Å². The number of nitrogens with two attached hydrogens (primary N) is 1. The van der Waals surface area contributed by atoms with Crippen LogP contribution in [0.2, 0.25) is 0 Å². The molecule has 3 heterocycles. The molecule has 0 unspecified atom stereocenters. The molecule has 0 spiro atoms. The van der Waals surface area contributed by atoms with Crippen molar-refractivity contribution < 1.29 is 14.1 Å². The number of nitrogens with zero attached hydrogens (tertiary/aromatic N) is 4. The minimum absolute atomic E-state index is 0.0477. The summed E-state index contributed by atoms with van der Waals surface area (Å²) in [6.45, 7) is 3.24. The van der Waals surface area contributed by atoms with Crippen LogP contribution in [0, 0.1) is 0 Å². The Hall–Kier alpha value is -3.04. The second kappa shape index (κ2) is 7.91. The summed E-state index contributed by atoms with van der Waals surface area (Å²) in [6, 6.07) is 10.3. The number of carbonyl (C=O) groups excluding carboxylic acids is 2. The Kier molecular flexibility index (Phi) is 5.18. The zero-order valence-electron chi connectivity index (χ0n) is 15.1. The van der Waals surface area contributed by atoms with Gasteiger partial charge in [-0.2, -0.15) is 4.98 Å². The lowest BCUT2D eigenvalue weighted by molar-refractivity contribution is 0.0615. The molecule has 2 amide bonds. The zero-order chi connectivity index (χ0) is 19.5. The lowest BCUT2D eigenvalue weighted by Gasteiger charge is -2.34. The number of rotatable bonds is 5. The molecule has 0 radical (unpaired) electrons. The number of benzene rings is 1. The smallest absolute Gasteiger partial charge is 0.253 e. The van der Waals surface area contributed by atoms with Gasteiger partial charge < -0.3 is 15.2 Å². The van der Waals surface area contributed by atoms with Gasteiger partial charge in [-0.25, -0.2) is 0 Å². The molecule has 4 rings (SSSR count). The van der Waals surface area contributed by atoms with Crippen LogP contribution in [-0.2, 0) is 6.54 Å². The number of thiophene rings is 1. The quantitative estimate of drug-likeness (QED) is 0.704. The Morgan fingerprint density at radius 1 is 1.07 bits per heavy atom. The summed E-state index contributed by atoms with van der Waals surface area (Å²) in [7, 11) is 0. The number of hydrogen-bond donors (Lipinski definition) is 1. The molecule has 28 heavy (non-hydrogen) atoms. The second-order valence-electron chi connectivity index (χ2n) is 6.50. The maximum Gasteiger partial charge on any atom is 0.253 e. The highest BCUT2D eigenvalue weighted by atomic mass is 32.1. The molecule has 0 saturated carbocycles. The predicted molar refractivity (Wildman–Crippen MR) is 104 cm³/mol. The molecular weight excluding hydrogens is 378 g/mol. The molecular formula is C19H19N5O3S. The summed E-state index contributed by atoms with van der Waals surface area (Å²) in [5.74, 6) is 0.632. The van der Waals surface area contributed by atoms with E-state index in [1.165, 1.54) is 0 Å². The Morgan fingerprint density at radius 2 is 1.79 bits per heavy atom. The van der Waals surface area contributed by atoms with E-state index in [0.29, 0.717) is 42.5 Å². The summed E-state index contributed by atoms with van der Waals surface area (Å²) in [4.78, 5) is 33.2. The summed E-state index contributed by atoms with van der Waals surface area (Å²) >= 11 is 1.57. The molecule has 1 aliphatic rings. The van der Waals surface area contributed by atoms with Gasteiger partial charge in [-0.3, -0.25) is 14.5 Å². The van der Waals surface area contributed by atoms with Crippen molar-refractivity contribution in [3.05, 3.63) is 58.8 Å². The Balaban J connectivity index is 1.32. The SMILES string of the molecule is NC(=O)c1ccc(C(=O)N2CCN(Cc3nc(-c4cccs4)no3)CC2)cc1. The molecule has 1 saturated heterocycles. The van der Waals surface area contributed by atoms with Crippen molar-refractivity contribution in [2.24, 2.45) is 5.73 Å². The molecule has 0 atom stereocenters. The molecule has 144 valence electrons. The molecule has 2 aromatic heterocycles. The summed E-state index contributed by atoms with van der Waals surface area (Å²) < 4.78 is 5.35. The maximum atomic E-state index is 12.6. The molecule has 8 nitrogen and oxygen atoms in total. The lowest BCUT2D eigenvalue weighted by Crippen LogP contribution is -2.48. The largest absolute Gasteiger partial charge is 0.366 e. The number of piperazine rings is 1. The van der Waals surface area contributed by atoms with Crippen molar-refractivity contribution in [3.8, 4) is 10.7 Å². The predicted octanol–water partition coefficient (Wildman–Crippen LogP) is 1.85. The number of hydrogen-bond acceptors (Lipinski definition) is 7. The Bertz CT molecular complexity index is 960. The average Bonchev–Trinajstić information content (AvgIpc) is 3.40. The standard InChI is InChI=1S/C19H19N5O3S/c20-17(25)13-3-5-14(6-4-13)19(26)24-9-7-23(8-10-24)12-16-21-18(22-27-16)15-2-1-11-28-15/h1-6,11H,7-10,12H2,(H2,20,25). The van der Waals surface area contributed by atoms with Gasteiger partial charge in [0.2, 0.25) is 17.6 Å². The van der Waals surface area contributed by atoms with E-state index in [9.17, 15) is 9.59 Å². The first-order chi connectivity index (χ1) is 13.6. The molecule has 0 bridgehead atoms. The third kappa shape index (κ3) is 3.95. The van der Waals surface area contributed by atoms with Gasteiger partial charge in [0.25, 0.3) is 5.91 Å². The molecule has 2 N–H and O–H groups in total. The van der Waals surface area contributed by atoms with Crippen LogP contribution in [0.1, 0.15) is 26.6 Å². The van der Waals surface area contributed by atoms with Gasteiger partial charge >= 0.3 is 0 Å². The van der Waals surface area contributed by atoms with Crippen molar-refractivity contribution >= 4 is 23.2 Å². The summed E-state index contributed by atoms with van der Waals surface area (Å²) in [6.07, 6.45) is 0. The van der Waals surface area contributed by atoms with Gasteiger partial charge in [0.15, 0.2) is 0 Å². The van der Waals surface area contributed by atoms with E-state index in [0.717, 1.165) is 18.0 Å². The van der Waals surface area contributed by atoms with Crippen molar-refractivity contribution in [1.29, 1.82) is 0 Å². The molecule has 1 fully saturated rings. The Labute approximate surface area is 165 Å². The monoisotopic (exact) mass is 397 g/mol. The molecule has 1 aliphatic heterocycles. The van der Waals surface area contributed by atoms with Crippen molar-refractivity contribution in [2.75, 3.05) is 26.2 Å². The fraction of sp³-hybridized carbons (Fsp3) is 0.263. The molecule has 9 heteroatoms. The lowest BCUT2D eigenvalue weighted by atomic mass is 10.1. The van der Waals surface area contributed by atoms with Gasteiger partial charge in [0, 0.05) is 37.3 Å². The topological polar surface area (TPSA) is 106 Å². The van der Waals surface area contributed by atoms with E-state index < -0.39 is 5.91 Å². The van der Waals surface area contributed by atoms with Gasteiger partial charge in [0.05, 0.1) is 11.4 Å². The minimum Gasteiger partial charge on any atom is -0.366 e. The van der Waals surface area contributed by atoms with E-state index in [1.54, 1.807) is 40.5 Å². The van der Waals surface area contributed by atoms with Crippen LogP contribution >= 0.6 is 11.3 Å². The van der Waals surface area contributed by atoms with Crippen molar-refractivity contribution in [1.82, 2.24) is 19.9 Å².